The Labute approximate surface area is 136 Å². The SMILES string of the molecule is CCCC(=O)NCC1(N2CCN(C)CC2)CCCCC1.Cl. The lowest BCUT2D eigenvalue weighted by Gasteiger charge is -2.49. The molecule has 2 aliphatic rings. The number of carbonyl (C=O) groups excluding carboxylic acids is 1. The number of nitrogens with zero attached hydrogens (tertiary/aromatic N) is 2. The zero-order chi connectivity index (χ0) is 14.4. The van der Waals surface area contributed by atoms with Gasteiger partial charge in [-0.15, -0.1) is 12.4 Å². The predicted molar refractivity (Wildman–Crippen MR) is 90.1 cm³/mol. The number of nitrogens with one attached hydrogen (secondary N) is 1. The number of likely N-dealkylation sites (N-methyl/N-ethyl adjacent to an activating group) is 1. The number of rotatable bonds is 5. The molecule has 124 valence electrons. The topological polar surface area (TPSA) is 35.6 Å². The quantitative estimate of drug-likeness (QED) is 0.845. The zero-order valence-electron chi connectivity index (χ0n) is 13.7. The molecule has 2 rings (SSSR count). The molecule has 1 aliphatic carbocycles. The molecule has 5 heteroatoms. The Kier molecular flexibility index (Phi) is 7.99. The molecule has 4 nitrogen and oxygen atoms in total. The normalized spacial score (nSPS) is 23.3. The van der Waals surface area contributed by atoms with Gasteiger partial charge in [-0.05, 0) is 26.3 Å². The maximum absolute atomic E-state index is 11.8. The van der Waals surface area contributed by atoms with Gasteiger partial charge in [0, 0.05) is 44.7 Å². The van der Waals surface area contributed by atoms with Crippen LogP contribution in [-0.4, -0.2) is 61.0 Å². The Hall–Kier alpha value is -0.320. The van der Waals surface area contributed by atoms with Crippen LogP contribution in [0.15, 0.2) is 0 Å². The molecule has 0 aromatic carbocycles. The summed E-state index contributed by atoms with van der Waals surface area (Å²) < 4.78 is 0. The number of carbonyl (C=O) groups is 1. The van der Waals surface area contributed by atoms with E-state index in [0.29, 0.717) is 6.42 Å². The van der Waals surface area contributed by atoms with Gasteiger partial charge in [-0.1, -0.05) is 26.2 Å². The van der Waals surface area contributed by atoms with E-state index < -0.39 is 0 Å². The van der Waals surface area contributed by atoms with E-state index in [1.54, 1.807) is 0 Å². The van der Waals surface area contributed by atoms with Crippen molar-refractivity contribution >= 4 is 18.3 Å². The van der Waals surface area contributed by atoms with Gasteiger partial charge in [0.1, 0.15) is 0 Å². The van der Waals surface area contributed by atoms with Gasteiger partial charge in [0.15, 0.2) is 0 Å². The molecule has 1 aliphatic heterocycles. The van der Waals surface area contributed by atoms with Crippen LogP contribution in [0, 0.1) is 0 Å². The van der Waals surface area contributed by atoms with Crippen LogP contribution < -0.4 is 5.32 Å². The third-order valence-corrected chi connectivity index (χ3v) is 5.05. The van der Waals surface area contributed by atoms with Gasteiger partial charge in [-0.3, -0.25) is 9.69 Å². The van der Waals surface area contributed by atoms with Crippen LogP contribution in [0.4, 0.5) is 0 Å². The van der Waals surface area contributed by atoms with Crippen molar-refractivity contribution in [3.63, 3.8) is 0 Å². The van der Waals surface area contributed by atoms with E-state index >= 15 is 0 Å². The zero-order valence-corrected chi connectivity index (χ0v) is 14.5. The molecule has 1 saturated carbocycles. The van der Waals surface area contributed by atoms with Gasteiger partial charge in [-0.2, -0.15) is 0 Å². The maximum atomic E-state index is 11.8. The summed E-state index contributed by atoms with van der Waals surface area (Å²) in [5.74, 6) is 0.228. The van der Waals surface area contributed by atoms with E-state index in [-0.39, 0.29) is 23.9 Å². The van der Waals surface area contributed by atoms with Crippen molar-refractivity contribution < 1.29 is 4.79 Å². The number of amides is 1. The average molecular weight is 318 g/mol. The molecule has 0 unspecified atom stereocenters. The molecule has 2 fully saturated rings. The first-order valence-electron chi connectivity index (χ1n) is 8.36. The van der Waals surface area contributed by atoms with Gasteiger partial charge >= 0.3 is 0 Å². The highest BCUT2D eigenvalue weighted by Gasteiger charge is 2.39. The summed E-state index contributed by atoms with van der Waals surface area (Å²) in [7, 11) is 2.20. The fourth-order valence-corrected chi connectivity index (χ4v) is 3.67. The number of hydrogen-bond acceptors (Lipinski definition) is 3. The van der Waals surface area contributed by atoms with E-state index in [1.807, 2.05) is 0 Å². The monoisotopic (exact) mass is 317 g/mol. The van der Waals surface area contributed by atoms with Crippen molar-refractivity contribution in [3.05, 3.63) is 0 Å². The van der Waals surface area contributed by atoms with Gasteiger partial charge in [-0.25, -0.2) is 0 Å². The Morgan fingerprint density at radius 2 is 1.71 bits per heavy atom. The molecular weight excluding hydrogens is 286 g/mol. The second-order valence-electron chi connectivity index (χ2n) is 6.60. The third kappa shape index (κ3) is 5.11. The molecule has 21 heavy (non-hydrogen) atoms. The lowest BCUT2D eigenvalue weighted by molar-refractivity contribution is -0.122. The summed E-state index contributed by atoms with van der Waals surface area (Å²) in [6, 6.07) is 0. The van der Waals surface area contributed by atoms with Gasteiger partial charge in [0.05, 0.1) is 0 Å². The standard InChI is InChI=1S/C16H31N3O.ClH/c1-3-7-15(20)17-14-16(8-5-4-6-9-16)19-12-10-18(2)11-13-19;/h3-14H2,1-2H3,(H,17,20);1H. The maximum Gasteiger partial charge on any atom is 0.220 e. The Balaban J connectivity index is 0.00000220. The summed E-state index contributed by atoms with van der Waals surface area (Å²) in [6.07, 6.45) is 8.10. The molecule has 1 heterocycles. The van der Waals surface area contributed by atoms with Gasteiger partial charge in [0.25, 0.3) is 0 Å². The van der Waals surface area contributed by atoms with E-state index in [9.17, 15) is 4.79 Å². The van der Waals surface area contributed by atoms with Gasteiger partial charge < -0.3 is 10.2 Å². The summed E-state index contributed by atoms with van der Waals surface area (Å²) in [5.41, 5.74) is 0.239. The summed E-state index contributed by atoms with van der Waals surface area (Å²) in [4.78, 5) is 16.9. The molecule has 1 saturated heterocycles. The van der Waals surface area contributed by atoms with Crippen molar-refractivity contribution in [3.8, 4) is 0 Å². The van der Waals surface area contributed by atoms with Crippen LogP contribution >= 0.6 is 12.4 Å². The van der Waals surface area contributed by atoms with Crippen molar-refractivity contribution in [2.75, 3.05) is 39.8 Å². The number of piperazine rings is 1. The van der Waals surface area contributed by atoms with Crippen molar-refractivity contribution in [1.82, 2.24) is 15.1 Å². The summed E-state index contributed by atoms with van der Waals surface area (Å²) in [6.45, 7) is 7.54. The minimum absolute atomic E-state index is 0. The molecule has 0 radical (unpaired) electrons. The van der Waals surface area contributed by atoms with Crippen LogP contribution in [-0.2, 0) is 4.79 Å². The molecule has 0 atom stereocenters. The lowest BCUT2D eigenvalue weighted by atomic mass is 9.79. The minimum atomic E-state index is 0. The van der Waals surface area contributed by atoms with Crippen molar-refractivity contribution in [1.29, 1.82) is 0 Å². The largest absolute Gasteiger partial charge is 0.354 e. The number of hydrogen-bond donors (Lipinski definition) is 1. The fourth-order valence-electron chi connectivity index (χ4n) is 3.67. The molecule has 1 amide bonds. The summed E-state index contributed by atoms with van der Waals surface area (Å²) >= 11 is 0. The second kappa shape index (κ2) is 8.96. The highest BCUT2D eigenvalue weighted by Crippen LogP contribution is 2.34. The fraction of sp³-hybridized carbons (Fsp3) is 0.938. The minimum Gasteiger partial charge on any atom is -0.354 e. The van der Waals surface area contributed by atoms with E-state index in [4.69, 9.17) is 0 Å². The lowest BCUT2D eigenvalue weighted by Crippen LogP contribution is -2.61. The molecular formula is C16H32ClN3O. The Bertz CT molecular complexity index is 311. The van der Waals surface area contributed by atoms with Crippen molar-refractivity contribution in [2.45, 2.75) is 57.4 Å². The van der Waals surface area contributed by atoms with Crippen LogP contribution in [0.1, 0.15) is 51.9 Å². The van der Waals surface area contributed by atoms with E-state index in [0.717, 1.165) is 39.1 Å². The predicted octanol–water partition coefficient (Wildman–Crippen LogP) is 2.27. The Morgan fingerprint density at radius 1 is 1.10 bits per heavy atom. The van der Waals surface area contributed by atoms with Crippen LogP contribution in [0.2, 0.25) is 0 Å². The first kappa shape index (κ1) is 18.7. The van der Waals surface area contributed by atoms with E-state index in [2.05, 4.69) is 29.1 Å². The average Bonchev–Trinajstić information content (AvgIpc) is 2.47. The smallest absolute Gasteiger partial charge is 0.220 e. The number of halogens is 1. The van der Waals surface area contributed by atoms with Crippen LogP contribution in [0.5, 0.6) is 0 Å². The van der Waals surface area contributed by atoms with Gasteiger partial charge in [0.2, 0.25) is 5.91 Å². The first-order chi connectivity index (χ1) is 9.66. The van der Waals surface area contributed by atoms with Crippen molar-refractivity contribution in [2.24, 2.45) is 0 Å². The highest BCUT2D eigenvalue weighted by molar-refractivity contribution is 5.85. The molecule has 0 aromatic heterocycles. The van der Waals surface area contributed by atoms with E-state index in [1.165, 1.54) is 32.1 Å². The molecule has 0 bridgehead atoms. The third-order valence-electron chi connectivity index (χ3n) is 5.05. The first-order valence-corrected chi connectivity index (χ1v) is 8.36. The molecule has 0 spiro atoms. The second-order valence-corrected chi connectivity index (χ2v) is 6.60. The van der Waals surface area contributed by atoms with Crippen LogP contribution in [0.25, 0.3) is 0 Å². The molecule has 1 N–H and O–H groups in total. The Morgan fingerprint density at radius 3 is 2.29 bits per heavy atom. The molecule has 0 aromatic rings. The highest BCUT2D eigenvalue weighted by atomic mass is 35.5. The summed E-state index contributed by atoms with van der Waals surface area (Å²) in [5, 5.41) is 3.21. The van der Waals surface area contributed by atoms with Crippen LogP contribution in [0.3, 0.4) is 0 Å².